The van der Waals surface area contributed by atoms with E-state index in [0.29, 0.717) is 34.7 Å². The third kappa shape index (κ3) is 4.21. The van der Waals surface area contributed by atoms with Crippen LogP contribution in [0.1, 0.15) is 57.8 Å². The van der Waals surface area contributed by atoms with Gasteiger partial charge in [0.15, 0.2) is 5.43 Å². The predicted octanol–water partition coefficient (Wildman–Crippen LogP) is 6.60. The van der Waals surface area contributed by atoms with Gasteiger partial charge in [-0.15, -0.1) is 0 Å². The highest BCUT2D eigenvalue weighted by Gasteiger charge is 2.42. The van der Waals surface area contributed by atoms with Crippen molar-refractivity contribution < 1.29 is 13.9 Å². The van der Waals surface area contributed by atoms with Crippen molar-refractivity contribution in [3.05, 3.63) is 109 Å². The fourth-order valence-corrected chi connectivity index (χ4v) is 4.67. The predicted molar refractivity (Wildman–Crippen MR) is 137 cm³/mol. The SMILES string of the molecule is CCCOc1ccc(C2c3c(oc4cc(C)c(Cl)cc4c3=O)C(=O)N2Cc2ccc(C)cc2)cc1. The zero-order valence-electron chi connectivity index (χ0n) is 19.9. The van der Waals surface area contributed by atoms with Crippen LogP contribution in [0.25, 0.3) is 11.0 Å². The van der Waals surface area contributed by atoms with Gasteiger partial charge in [0.1, 0.15) is 11.3 Å². The summed E-state index contributed by atoms with van der Waals surface area (Å²) in [5.41, 5.74) is 4.18. The molecule has 1 amide bonds. The first-order chi connectivity index (χ1) is 16.9. The molecule has 2 heterocycles. The maximum Gasteiger partial charge on any atom is 0.291 e. The number of nitrogens with zero attached hydrogens (tertiary/aromatic N) is 1. The highest BCUT2D eigenvalue weighted by molar-refractivity contribution is 6.32. The minimum atomic E-state index is -0.584. The van der Waals surface area contributed by atoms with Gasteiger partial charge in [-0.2, -0.15) is 0 Å². The van der Waals surface area contributed by atoms with E-state index in [1.165, 1.54) is 0 Å². The van der Waals surface area contributed by atoms with E-state index >= 15 is 0 Å². The van der Waals surface area contributed by atoms with Gasteiger partial charge < -0.3 is 14.1 Å². The van der Waals surface area contributed by atoms with Crippen LogP contribution >= 0.6 is 11.6 Å². The van der Waals surface area contributed by atoms with Gasteiger partial charge in [0.2, 0.25) is 5.76 Å². The van der Waals surface area contributed by atoms with Crippen molar-refractivity contribution in [3.63, 3.8) is 0 Å². The first-order valence-electron chi connectivity index (χ1n) is 11.7. The molecule has 35 heavy (non-hydrogen) atoms. The zero-order chi connectivity index (χ0) is 24.7. The number of ether oxygens (including phenoxy) is 1. The molecule has 0 saturated carbocycles. The average Bonchev–Trinajstić information content (AvgIpc) is 3.12. The summed E-state index contributed by atoms with van der Waals surface area (Å²) >= 11 is 6.33. The molecule has 1 atom stereocenters. The normalized spacial score (nSPS) is 15.0. The van der Waals surface area contributed by atoms with Crippen LogP contribution in [0, 0.1) is 13.8 Å². The maximum atomic E-state index is 13.7. The molecule has 1 unspecified atom stereocenters. The molecule has 0 aliphatic carbocycles. The number of amides is 1. The van der Waals surface area contributed by atoms with Crippen LogP contribution in [-0.2, 0) is 6.54 Å². The number of hydrogen-bond acceptors (Lipinski definition) is 4. The first kappa shape index (κ1) is 23.2. The summed E-state index contributed by atoms with van der Waals surface area (Å²) in [5, 5.41) is 0.858. The summed E-state index contributed by atoms with van der Waals surface area (Å²) < 4.78 is 11.8. The Bertz CT molecular complexity index is 1470. The van der Waals surface area contributed by atoms with Crippen LogP contribution in [0.2, 0.25) is 5.02 Å². The average molecular weight is 488 g/mol. The van der Waals surface area contributed by atoms with E-state index in [2.05, 4.69) is 6.92 Å². The number of benzene rings is 3. The van der Waals surface area contributed by atoms with Gasteiger partial charge in [0.25, 0.3) is 5.91 Å². The molecule has 1 aliphatic rings. The Hall–Kier alpha value is -3.57. The van der Waals surface area contributed by atoms with Crippen LogP contribution < -0.4 is 10.2 Å². The lowest BCUT2D eigenvalue weighted by Crippen LogP contribution is -2.29. The molecule has 0 bridgehead atoms. The van der Waals surface area contributed by atoms with Crippen molar-refractivity contribution in [2.24, 2.45) is 0 Å². The van der Waals surface area contributed by atoms with Crippen LogP contribution in [0.4, 0.5) is 0 Å². The standard InChI is InChI=1S/C29H26ClNO4/c1-4-13-34-21-11-9-20(10-12-21)26-25-27(32)22-15-23(30)18(3)14-24(22)35-28(25)29(33)31(26)16-19-7-5-17(2)6-8-19/h5-12,14-15,26H,4,13,16H2,1-3H3. The Morgan fingerprint density at radius 2 is 1.71 bits per heavy atom. The van der Waals surface area contributed by atoms with Crippen LogP contribution in [0.15, 0.2) is 69.9 Å². The van der Waals surface area contributed by atoms with E-state index in [9.17, 15) is 9.59 Å². The van der Waals surface area contributed by atoms with E-state index in [-0.39, 0.29) is 17.1 Å². The summed E-state index contributed by atoms with van der Waals surface area (Å²) in [6.45, 7) is 6.88. The molecule has 0 fully saturated rings. The summed E-state index contributed by atoms with van der Waals surface area (Å²) in [6, 6.07) is 18.4. The minimum Gasteiger partial charge on any atom is -0.494 e. The third-order valence-corrected chi connectivity index (χ3v) is 6.80. The van der Waals surface area contributed by atoms with Crippen LogP contribution in [-0.4, -0.2) is 17.4 Å². The molecule has 5 rings (SSSR count). The Balaban J connectivity index is 1.66. The van der Waals surface area contributed by atoms with Gasteiger partial charge in [-0.25, -0.2) is 0 Å². The quantitative estimate of drug-likeness (QED) is 0.307. The largest absolute Gasteiger partial charge is 0.494 e. The van der Waals surface area contributed by atoms with E-state index < -0.39 is 6.04 Å². The van der Waals surface area contributed by atoms with Gasteiger partial charge in [-0.3, -0.25) is 9.59 Å². The van der Waals surface area contributed by atoms with Gasteiger partial charge in [0, 0.05) is 11.6 Å². The number of aryl methyl sites for hydroxylation is 2. The molecule has 4 aromatic rings. The summed E-state index contributed by atoms with van der Waals surface area (Å²) in [4.78, 5) is 29.1. The second-order valence-corrected chi connectivity index (χ2v) is 9.42. The van der Waals surface area contributed by atoms with Crippen molar-refractivity contribution in [2.75, 3.05) is 6.61 Å². The van der Waals surface area contributed by atoms with Gasteiger partial charge in [0.05, 0.1) is 23.6 Å². The molecule has 6 heteroatoms. The fourth-order valence-electron chi connectivity index (χ4n) is 4.51. The summed E-state index contributed by atoms with van der Waals surface area (Å²) in [6.07, 6.45) is 0.909. The lowest BCUT2D eigenvalue weighted by Gasteiger charge is -2.25. The van der Waals surface area contributed by atoms with E-state index in [0.717, 1.165) is 34.4 Å². The molecule has 1 aliphatic heterocycles. The fraction of sp³-hybridized carbons (Fsp3) is 0.241. The summed E-state index contributed by atoms with van der Waals surface area (Å²) in [7, 11) is 0. The van der Waals surface area contributed by atoms with E-state index in [1.807, 2.05) is 62.4 Å². The summed E-state index contributed by atoms with van der Waals surface area (Å²) in [5.74, 6) is 0.536. The minimum absolute atomic E-state index is 0.0904. The number of halogens is 1. The van der Waals surface area contributed by atoms with E-state index in [1.54, 1.807) is 17.0 Å². The smallest absolute Gasteiger partial charge is 0.291 e. The van der Waals surface area contributed by atoms with Crippen molar-refractivity contribution in [2.45, 2.75) is 39.8 Å². The maximum absolute atomic E-state index is 13.7. The highest BCUT2D eigenvalue weighted by atomic mass is 35.5. The van der Waals surface area contributed by atoms with Gasteiger partial charge in [-0.1, -0.05) is 60.5 Å². The van der Waals surface area contributed by atoms with Crippen molar-refractivity contribution in [1.82, 2.24) is 4.90 Å². The monoisotopic (exact) mass is 487 g/mol. The van der Waals surface area contributed by atoms with Crippen molar-refractivity contribution in [1.29, 1.82) is 0 Å². The third-order valence-electron chi connectivity index (χ3n) is 6.39. The highest BCUT2D eigenvalue weighted by Crippen LogP contribution is 2.40. The van der Waals surface area contributed by atoms with Crippen molar-refractivity contribution in [3.8, 4) is 5.75 Å². The molecular weight excluding hydrogens is 462 g/mol. The molecule has 5 nitrogen and oxygen atoms in total. The topological polar surface area (TPSA) is 59.8 Å². The number of carbonyl (C=O) groups excluding carboxylic acids is 1. The lowest BCUT2D eigenvalue weighted by atomic mass is 9.98. The molecular formula is C29H26ClNO4. The molecule has 0 saturated heterocycles. The van der Waals surface area contributed by atoms with Crippen LogP contribution in [0.3, 0.4) is 0 Å². The zero-order valence-corrected chi connectivity index (χ0v) is 20.7. The first-order valence-corrected chi connectivity index (χ1v) is 12.1. The van der Waals surface area contributed by atoms with E-state index in [4.69, 9.17) is 20.8 Å². The Morgan fingerprint density at radius 1 is 1.00 bits per heavy atom. The molecule has 0 spiro atoms. The molecule has 0 N–H and O–H groups in total. The molecule has 0 radical (unpaired) electrons. The second-order valence-electron chi connectivity index (χ2n) is 9.01. The lowest BCUT2D eigenvalue weighted by molar-refractivity contribution is 0.0714. The molecule has 178 valence electrons. The number of rotatable bonds is 6. The number of fused-ring (bicyclic) bond motifs is 2. The Morgan fingerprint density at radius 3 is 2.40 bits per heavy atom. The second kappa shape index (κ2) is 9.23. The Labute approximate surface area is 208 Å². The number of hydrogen-bond donors (Lipinski definition) is 0. The van der Waals surface area contributed by atoms with Crippen LogP contribution in [0.5, 0.6) is 5.75 Å². The van der Waals surface area contributed by atoms with Gasteiger partial charge in [-0.05, 0) is 61.2 Å². The van der Waals surface area contributed by atoms with Gasteiger partial charge >= 0.3 is 0 Å². The van der Waals surface area contributed by atoms with Crippen molar-refractivity contribution >= 4 is 28.5 Å². The number of carbonyl (C=O) groups is 1. The Kier molecular flexibility index (Phi) is 6.12. The molecule has 1 aromatic heterocycles. The molecule has 3 aromatic carbocycles.